The lowest BCUT2D eigenvalue weighted by atomic mass is 10.2. The first kappa shape index (κ1) is 14.9. The highest BCUT2D eigenvalue weighted by molar-refractivity contribution is 7.88. The van der Waals surface area contributed by atoms with E-state index in [4.69, 9.17) is 0 Å². The van der Waals surface area contributed by atoms with E-state index in [1.54, 1.807) is 12.3 Å². The number of amides is 1. The second-order valence-corrected chi connectivity index (χ2v) is 7.40. The van der Waals surface area contributed by atoms with Crippen LogP contribution in [0.25, 0.3) is 10.9 Å². The molecule has 1 N–H and O–H groups in total. The van der Waals surface area contributed by atoms with Gasteiger partial charge in [0.25, 0.3) is 0 Å². The van der Waals surface area contributed by atoms with Gasteiger partial charge in [-0.15, -0.1) is 0 Å². The van der Waals surface area contributed by atoms with Gasteiger partial charge in [0.05, 0.1) is 24.0 Å². The fourth-order valence-corrected chi connectivity index (χ4v) is 3.52. The van der Waals surface area contributed by atoms with Crippen LogP contribution in [0.4, 0.5) is 5.69 Å². The van der Waals surface area contributed by atoms with Gasteiger partial charge in [-0.25, -0.2) is 8.42 Å². The maximum absolute atomic E-state index is 12.2. The Morgan fingerprint density at radius 2 is 2.05 bits per heavy atom. The molecular weight excluding hydrogens is 302 g/mol. The Labute approximate surface area is 129 Å². The molecule has 0 atom stereocenters. The molecule has 1 saturated carbocycles. The summed E-state index contributed by atoms with van der Waals surface area (Å²) in [6.07, 6.45) is 4.43. The summed E-state index contributed by atoms with van der Waals surface area (Å²) < 4.78 is 24.8. The van der Waals surface area contributed by atoms with Gasteiger partial charge in [-0.2, -0.15) is 4.31 Å². The lowest BCUT2D eigenvalue weighted by molar-refractivity contribution is -0.116. The Morgan fingerprint density at radius 1 is 1.32 bits per heavy atom. The third kappa shape index (κ3) is 3.26. The largest absolute Gasteiger partial charge is 0.323 e. The topological polar surface area (TPSA) is 79.4 Å². The van der Waals surface area contributed by atoms with Gasteiger partial charge in [-0.3, -0.25) is 9.78 Å². The van der Waals surface area contributed by atoms with Crippen LogP contribution in [0, 0.1) is 0 Å². The number of aromatic nitrogens is 1. The number of carbonyl (C=O) groups is 1. The molecule has 7 heteroatoms. The van der Waals surface area contributed by atoms with E-state index < -0.39 is 10.0 Å². The molecule has 1 aromatic heterocycles. The third-order valence-corrected chi connectivity index (χ3v) is 4.87. The lowest BCUT2D eigenvalue weighted by Gasteiger charge is -2.19. The Bertz CT molecular complexity index is 810. The van der Waals surface area contributed by atoms with E-state index in [0.717, 1.165) is 24.5 Å². The minimum atomic E-state index is -3.37. The van der Waals surface area contributed by atoms with Crippen LogP contribution in [0.5, 0.6) is 0 Å². The zero-order valence-corrected chi connectivity index (χ0v) is 13.0. The molecule has 0 bridgehead atoms. The number of rotatable bonds is 5. The van der Waals surface area contributed by atoms with Crippen molar-refractivity contribution in [3.8, 4) is 0 Å². The fraction of sp³-hybridized carbons (Fsp3) is 0.333. The average molecular weight is 319 g/mol. The van der Waals surface area contributed by atoms with E-state index in [2.05, 4.69) is 10.3 Å². The van der Waals surface area contributed by atoms with Crippen molar-refractivity contribution in [1.82, 2.24) is 9.29 Å². The number of carbonyl (C=O) groups excluding carboxylic acids is 1. The Balaban J connectivity index is 1.78. The van der Waals surface area contributed by atoms with Crippen LogP contribution in [0.1, 0.15) is 12.8 Å². The molecule has 1 amide bonds. The first-order valence-corrected chi connectivity index (χ1v) is 8.90. The van der Waals surface area contributed by atoms with Gasteiger partial charge in [0.1, 0.15) is 0 Å². The third-order valence-electron chi connectivity index (χ3n) is 3.59. The minimum Gasteiger partial charge on any atom is -0.323 e. The molecule has 2 aromatic rings. The molecule has 1 fully saturated rings. The number of nitrogens with one attached hydrogen (secondary N) is 1. The summed E-state index contributed by atoms with van der Waals surface area (Å²) in [7, 11) is -3.37. The molecule has 116 valence electrons. The second kappa shape index (κ2) is 5.66. The summed E-state index contributed by atoms with van der Waals surface area (Å²) >= 11 is 0. The Morgan fingerprint density at radius 3 is 2.73 bits per heavy atom. The quantitative estimate of drug-likeness (QED) is 0.908. The molecule has 0 unspecified atom stereocenters. The van der Waals surface area contributed by atoms with Crippen LogP contribution in [0.15, 0.2) is 36.5 Å². The SMILES string of the molecule is CS(=O)(=O)N(CC(=O)Nc1cccc2cccnc12)C1CC1. The van der Waals surface area contributed by atoms with E-state index in [1.165, 1.54) is 4.31 Å². The van der Waals surface area contributed by atoms with Gasteiger partial charge in [0, 0.05) is 17.6 Å². The van der Waals surface area contributed by atoms with Gasteiger partial charge in [0.15, 0.2) is 0 Å². The normalized spacial score (nSPS) is 15.2. The molecule has 0 spiro atoms. The zero-order valence-electron chi connectivity index (χ0n) is 12.2. The summed E-state index contributed by atoms with van der Waals surface area (Å²) in [6, 6.07) is 9.19. The first-order valence-electron chi connectivity index (χ1n) is 7.05. The van der Waals surface area contributed by atoms with Gasteiger partial charge in [-0.1, -0.05) is 18.2 Å². The molecule has 3 rings (SSSR count). The second-order valence-electron chi connectivity index (χ2n) is 5.47. The maximum atomic E-state index is 12.2. The zero-order chi connectivity index (χ0) is 15.7. The molecule has 1 aliphatic carbocycles. The van der Waals surface area contributed by atoms with Gasteiger partial charge in [0.2, 0.25) is 15.9 Å². The molecule has 1 heterocycles. The van der Waals surface area contributed by atoms with Crippen molar-refractivity contribution in [2.45, 2.75) is 18.9 Å². The van der Waals surface area contributed by atoms with Crippen molar-refractivity contribution in [3.05, 3.63) is 36.5 Å². The highest BCUT2D eigenvalue weighted by atomic mass is 32.2. The Hall–Kier alpha value is -1.99. The van der Waals surface area contributed by atoms with Gasteiger partial charge >= 0.3 is 0 Å². The van der Waals surface area contributed by atoms with Crippen LogP contribution in [0.2, 0.25) is 0 Å². The number of hydrogen-bond acceptors (Lipinski definition) is 4. The van der Waals surface area contributed by atoms with Crippen molar-refractivity contribution in [3.63, 3.8) is 0 Å². The predicted octanol–water partition coefficient (Wildman–Crippen LogP) is 1.60. The molecule has 6 nitrogen and oxygen atoms in total. The van der Waals surface area contributed by atoms with E-state index in [0.29, 0.717) is 11.2 Å². The molecule has 0 saturated heterocycles. The number of anilines is 1. The molecule has 1 aliphatic rings. The number of sulfonamides is 1. The highest BCUT2D eigenvalue weighted by Gasteiger charge is 2.36. The van der Waals surface area contributed by atoms with Crippen molar-refractivity contribution >= 4 is 32.5 Å². The number of fused-ring (bicyclic) bond motifs is 1. The fourth-order valence-electron chi connectivity index (χ4n) is 2.42. The molecule has 0 aliphatic heterocycles. The Kier molecular flexibility index (Phi) is 3.84. The molecular formula is C15H17N3O3S. The number of hydrogen-bond donors (Lipinski definition) is 1. The summed E-state index contributed by atoms with van der Waals surface area (Å²) in [6.45, 7) is -0.160. The van der Waals surface area contributed by atoms with Gasteiger partial charge in [-0.05, 0) is 25.0 Å². The average Bonchev–Trinajstić information content (AvgIpc) is 3.28. The number of pyridine rings is 1. The molecule has 0 radical (unpaired) electrons. The minimum absolute atomic E-state index is 0.0357. The van der Waals surface area contributed by atoms with E-state index in [1.807, 2.05) is 24.3 Å². The van der Waals surface area contributed by atoms with Crippen molar-refractivity contribution in [2.75, 3.05) is 18.1 Å². The van der Waals surface area contributed by atoms with Crippen LogP contribution in [-0.4, -0.2) is 42.5 Å². The summed E-state index contributed by atoms with van der Waals surface area (Å²) in [5.74, 6) is -0.351. The smallest absolute Gasteiger partial charge is 0.239 e. The first-order chi connectivity index (χ1) is 10.4. The van der Waals surface area contributed by atoms with Crippen LogP contribution >= 0.6 is 0 Å². The summed E-state index contributed by atoms with van der Waals surface area (Å²) in [5.41, 5.74) is 1.28. The molecule has 22 heavy (non-hydrogen) atoms. The maximum Gasteiger partial charge on any atom is 0.239 e. The van der Waals surface area contributed by atoms with Crippen molar-refractivity contribution in [2.24, 2.45) is 0 Å². The van der Waals surface area contributed by atoms with Crippen LogP contribution < -0.4 is 5.32 Å². The number of nitrogens with zero attached hydrogens (tertiary/aromatic N) is 2. The highest BCUT2D eigenvalue weighted by Crippen LogP contribution is 2.28. The van der Waals surface area contributed by atoms with E-state index in [9.17, 15) is 13.2 Å². The monoisotopic (exact) mass is 319 g/mol. The van der Waals surface area contributed by atoms with Crippen molar-refractivity contribution in [1.29, 1.82) is 0 Å². The summed E-state index contributed by atoms with van der Waals surface area (Å²) in [4.78, 5) is 16.5. The number of para-hydroxylation sites is 1. The lowest BCUT2D eigenvalue weighted by Crippen LogP contribution is -2.38. The van der Waals surface area contributed by atoms with Crippen LogP contribution in [-0.2, 0) is 14.8 Å². The van der Waals surface area contributed by atoms with Crippen molar-refractivity contribution < 1.29 is 13.2 Å². The van der Waals surface area contributed by atoms with Crippen LogP contribution in [0.3, 0.4) is 0 Å². The summed E-state index contributed by atoms with van der Waals surface area (Å²) in [5, 5.41) is 3.68. The molecule has 1 aromatic carbocycles. The standard InChI is InChI=1S/C15H17N3O3S/c1-22(20,21)18(12-7-8-12)10-14(19)17-13-6-2-4-11-5-3-9-16-15(11)13/h2-6,9,12H,7-8,10H2,1H3,(H,17,19). The van der Waals surface area contributed by atoms with E-state index in [-0.39, 0.29) is 18.5 Å². The predicted molar refractivity (Wildman–Crippen MR) is 84.9 cm³/mol. The van der Waals surface area contributed by atoms with Gasteiger partial charge < -0.3 is 5.32 Å². The van der Waals surface area contributed by atoms with E-state index >= 15 is 0 Å². The number of benzene rings is 1.